The second-order valence-electron chi connectivity index (χ2n) is 5.11. The van der Waals surface area contributed by atoms with Crippen molar-refractivity contribution in [3.8, 4) is 5.75 Å². The van der Waals surface area contributed by atoms with Crippen molar-refractivity contribution in [2.24, 2.45) is 0 Å². The minimum atomic E-state index is -0.398. The van der Waals surface area contributed by atoms with Crippen molar-refractivity contribution in [1.29, 1.82) is 0 Å². The second-order valence-corrected chi connectivity index (χ2v) is 5.11. The Balaban J connectivity index is 1.76. The van der Waals surface area contributed by atoms with Crippen molar-refractivity contribution >= 4 is 17.6 Å². The molecule has 126 valence electrons. The molecule has 0 aliphatic heterocycles. The Kier molecular flexibility index (Phi) is 6.83. The first-order valence-corrected chi connectivity index (χ1v) is 7.94. The molecular weight excluding hydrogens is 306 g/mol. The van der Waals surface area contributed by atoms with E-state index in [-0.39, 0.29) is 5.91 Å². The predicted molar refractivity (Wildman–Crippen MR) is 92.2 cm³/mol. The first-order valence-electron chi connectivity index (χ1n) is 7.94. The van der Waals surface area contributed by atoms with Gasteiger partial charge in [-0.05, 0) is 43.7 Å². The molecule has 0 fully saturated rings. The van der Waals surface area contributed by atoms with Gasteiger partial charge in [0.05, 0.1) is 18.8 Å². The van der Waals surface area contributed by atoms with Crippen LogP contribution in [-0.2, 0) is 9.53 Å². The maximum absolute atomic E-state index is 11.9. The molecule has 1 N–H and O–H groups in total. The van der Waals surface area contributed by atoms with Gasteiger partial charge in [0, 0.05) is 12.1 Å². The van der Waals surface area contributed by atoms with Gasteiger partial charge in [0.15, 0.2) is 0 Å². The van der Waals surface area contributed by atoms with E-state index in [1.165, 1.54) is 0 Å². The van der Waals surface area contributed by atoms with Crippen LogP contribution in [0.3, 0.4) is 0 Å². The van der Waals surface area contributed by atoms with Crippen molar-refractivity contribution in [3.63, 3.8) is 0 Å². The lowest BCUT2D eigenvalue weighted by atomic mass is 10.2. The molecule has 2 aromatic carbocycles. The lowest BCUT2D eigenvalue weighted by molar-refractivity contribution is -0.116. The number of rotatable bonds is 8. The van der Waals surface area contributed by atoms with Gasteiger partial charge < -0.3 is 14.8 Å². The largest absolute Gasteiger partial charge is 0.494 e. The summed E-state index contributed by atoms with van der Waals surface area (Å²) < 4.78 is 10.5. The van der Waals surface area contributed by atoms with Crippen molar-refractivity contribution < 1.29 is 19.1 Å². The molecular formula is C19H21NO4. The molecule has 5 heteroatoms. The molecule has 0 spiro atoms. The molecule has 0 aliphatic carbocycles. The highest BCUT2D eigenvalue weighted by Gasteiger charge is 2.08. The highest BCUT2D eigenvalue weighted by atomic mass is 16.5. The number of esters is 1. The number of amides is 1. The van der Waals surface area contributed by atoms with E-state index < -0.39 is 5.97 Å². The molecule has 2 rings (SSSR count). The zero-order valence-electron chi connectivity index (χ0n) is 13.7. The normalized spacial score (nSPS) is 10.0. The number of hydrogen-bond acceptors (Lipinski definition) is 4. The van der Waals surface area contributed by atoms with Gasteiger partial charge in [-0.15, -0.1) is 0 Å². The number of benzene rings is 2. The van der Waals surface area contributed by atoms with Crippen molar-refractivity contribution in [2.45, 2.75) is 19.8 Å². The fourth-order valence-corrected chi connectivity index (χ4v) is 2.10. The summed E-state index contributed by atoms with van der Waals surface area (Å²) in [6.07, 6.45) is 0.953. The number of anilines is 1. The van der Waals surface area contributed by atoms with Gasteiger partial charge in [0.1, 0.15) is 5.75 Å². The summed E-state index contributed by atoms with van der Waals surface area (Å²) in [5, 5.41) is 2.78. The molecule has 0 aromatic heterocycles. The van der Waals surface area contributed by atoms with Crippen LogP contribution in [0.1, 0.15) is 30.1 Å². The van der Waals surface area contributed by atoms with E-state index >= 15 is 0 Å². The lowest BCUT2D eigenvalue weighted by Crippen LogP contribution is -2.13. The van der Waals surface area contributed by atoms with Gasteiger partial charge in [-0.3, -0.25) is 4.79 Å². The van der Waals surface area contributed by atoms with Crippen LogP contribution in [0.5, 0.6) is 5.75 Å². The first kappa shape index (κ1) is 17.5. The molecule has 1 amide bonds. The van der Waals surface area contributed by atoms with Crippen LogP contribution in [-0.4, -0.2) is 25.1 Å². The zero-order valence-corrected chi connectivity index (χ0v) is 13.7. The summed E-state index contributed by atoms with van der Waals surface area (Å²) >= 11 is 0. The van der Waals surface area contributed by atoms with E-state index in [0.717, 1.165) is 5.75 Å². The Morgan fingerprint density at radius 1 is 1.04 bits per heavy atom. The lowest BCUT2D eigenvalue weighted by Gasteiger charge is -2.08. The van der Waals surface area contributed by atoms with Gasteiger partial charge in [-0.1, -0.05) is 24.3 Å². The molecule has 0 heterocycles. The Morgan fingerprint density at radius 2 is 1.83 bits per heavy atom. The standard InChI is InChI=1S/C19H21NO4/c1-2-23-19(22)15-8-6-9-16(14-15)20-18(21)12-7-13-24-17-10-4-3-5-11-17/h3-6,8-11,14H,2,7,12-13H2,1H3,(H,20,21). The van der Waals surface area contributed by atoms with Gasteiger partial charge in [0.2, 0.25) is 5.91 Å². The van der Waals surface area contributed by atoms with Crippen LogP contribution in [0.25, 0.3) is 0 Å². The van der Waals surface area contributed by atoms with Crippen molar-refractivity contribution in [1.82, 2.24) is 0 Å². The molecule has 24 heavy (non-hydrogen) atoms. The number of nitrogens with one attached hydrogen (secondary N) is 1. The van der Waals surface area contributed by atoms with Crippen LogP contribution in [0.4, 0.5) is 5.69 Å². The third-order valence-electron chi connectivity index (χ3n) is 3.22. The van der Waals surface area contributed by atoms with E-state index in [2.05, 4.69) is 5.32 Å². The highest BCUT2D eigenvalue weighted by molar-refractivity contribution is 5.94. The van der Waals surface area contributed by atoms with Gasteiger partial charge >= 0.3 is 5.97 Å². The average Bonchev–Trinajstić information content (AvgIpc) is 2.60. The molecule has 0 unspecified atom stereocenters. The van der Waals surface area contributed by atoms with E-state index in [1.807, 2.05) is 30.3 Å². The Labute approximate surface area is 141 Å². The number of ether oxygens (including phenoxy) is 2. The monoisotopic (exact) mass is 327 g/mol. The Bertz CT molecular complexity index is 670. The van der Waals surface area contributed by atoms with Crippen LogP contribution >= 0.6 is 0 Å². The van der Waals surface area contributed by atoms with Crippen molar-refractivity contribution in [2.75, 3.05) is 18.5 Å². The number of carbonyl (C=O) groups excluding carboxylic acids is 2. The second kappa shape index (κ2) is 9.35. The maximum Gasteiger partial charge on any atom is 0.338 e. The third-order valence-corrected chi connectivity index (χ3v) is 3.22. The highest BCUT2D eigenvalue weighted by Crippen LogP contribution is 2.13. The number of para-hydroxylation sites is 1. The van der Waals surface area contributed by atoms with Crippen LogP contribution in [0.15, 0.2) is 54.6 Å². The van der Waals surface area contributed by atoms with Crippen LogP contribution in [0, 0.1) is 0 Å². The SMILES string of the molecule is CCOC(=O)c1cccc(NC(=O)CCCOc2ccccc2)c1. The molecule has 0 radical (unpaired) electrons. The fraction of sp³-hybridized carbons (Fsp3) is 0.263. The fourth-order valence-electron chi connectivity index (χ4n) is 2.10. The molecule has 0 saturated heterocycles. The van der Waals surface area contributed by atoms with Gasteiger partial charge in [0.25, 0.3) is 0 Å². The summed E-state index contributed by atoms with van der Waals surface area (Å²) in [4.78, 5) is 23.6. The molecule has 2 aromatic rings. The maximum atomic E-state index is 11.9. The average molecular weight is 327 g/mol. The van der Waals surface area contributed by atoms with E-state index in [0.29, 0.717) is 37.3 Å². The Morgan fingerprint density at radius 3 is 2.58 bits per heavy atom. The summed E-state index contributed by atoms with van der Waals surface area (Å²) in [5.41, 5.74) is 0.997. The van der Waals surface area contributed by atoms with E-state index in [9.17, 15) is 9.59 Å². The first-order chi connectivity index (χ1) is 11.7. The van der Waals surface area contributed by atoms with Gasteiger partial charge in [-0.25, -0.2) is 4.79 Å². The molecule has 0 aliphatic rings. The van der Waals surface area contributed by atoms with E-state index in [1.54, 1.807) is 31.2 Å². The van der Waals surface area contributed by atoms with Gasteiger partial charge in [-0.2, -0.15) is 0 Å². The molecule has 0 saturated carbocycles. The number of carbonyl (C=O) groups is 2. The minimum absolute atomic E-state index is 0.118. The smallest absolute Gasteiger partial charge is 0.338 e. The minimum Gasteiger partial charge on any atom is -0.494 e. The summed E-state index contributed by atoms with van der Waals surface area (Å²) in [6, 6.07) is 16.2. The quantitative estimate of drug-likeness (QED) is 0.593. The molecule has 0 atom stereocenters. The van der Waals surface area contributed by atoms with Crippen molar-refractivity contribution in [3.05, 3.63) is 60.2 Å². The third kappa shape index (κ3) is 5.76. The van der Waals surface area contributed by atoms with E-state index in [4.69, 9.17) is 9.47 Å². The molecule has 5 nitrogen and oxygen atoms in total. The Hall–Kier alpha value is -2.82. The van der Waals surface area contributed by atoms with Crippen LogP contribution in [0.2, 0.25) is 0 Å². The summed E-state index contributed by atoms with van der Waals surface area (Å²) in [7, 11) is 0. The number of hydrogen-bond donors (Lipinski definition) is 1. The van der Waals surface area contributed by atoms with Crippen LogP contribution < -0.4 is 10.1 Å². The summed E-state index contributed by atoms with van der Waals surface area (Å²) in [6.45, 7) is 2.54. The topological polar surface area (TPSA) is 64.6 Å². The zero-order chi connectivity index (χ0) is 17.2. The summed E-state index contributed by atoms with van der Waals surface area (Å²) in [5.74, 6) is 0.276. The predicted octanol–water partition coefficient (Wildman–Crippen LogP) is 3.66. The molecule has 0 bridgehead atoms.